The standard InChI is InChI=1S/C26H31N3O4/c1-26(25(32)27-12-15-30)18-23(28-33-26)21-8-5-9-22(17-21)24(31)29-13-10-20(11-14-29)16-19-6-3-2-4-7-19/h2-9,17,20,30H,10-16,18H2,1H3,(H,27,32). The van der Waals surface area contributed by atoms with E-state index in [2.05, 4.69) is 34.7 Å². The summed E-state index contributed by atoms with van der Waals surface area (Å²) < 4.78 is 0. The van der Waals surface area contributed by atoms with E-state index >= 15 is 0 Å². The number of carbonyl (C=O) groups excluding carboxylic acids is 2. The molecule has 0 aromatic heterocycles. The van der Waals surface area contributed by atoms with Crippen molar-refractivity contribution in [2.75, 3.05) is 26.2 Å². The minimum Gasteiger partial charge on any atom is -0.395 e. The van der Waals surface area contributed by atoms with Gasteiger partial charge in [0.2, 0.25) is 5.60 Å². The monoisotopic (exact) mass is 449 g/mol. The molecule has 2 amide bonds. The van der Waals surface area contributed by atoms with E-state index in [1.54, 1.807) is 6.92 Å². The van der Waals surface area contributed by atoms with Crippen LogP contribution in [0.5, 0.6) is 0 Å². The molecule has 0 spiro atoms. The first-order valence-electron chi connectivity index (χ1n) is 11.6. The van der Waals surface area contributed by atoms with Gasteiger partial charge in [0.05, 0.1) is 12.3 Å². The maximum absolute atomic E-state index is 13.2. The molecule has 7 heteroatoms. The molecule has 33 heavy (non-hydrogen) atoms. The lowest BCUT2D eigenvalue weighted by Gasteiger charge is -2.32. The Bertz CT molecular complexity index is 1020. The van der Waals surface area contributed by atoms with E-state index in [1.807, 2.05) is 35.2 Å². The van der Waals surface area contributed by atoms with Gasteiger partial charge in [0.15, 0.2) is 0 Å². The van der Waals surface area contributed by atoms with Gasteiger partial charge in [-0.25, -0.2) is 0 Å². The topological polar surface area (TPSA) is 91.2 Å². The molecule has 2 aliphatic heterocycles. The van der Waals surface area contributed by atoms with Crippen LogP contribution < -0.4 is 5.32 Å². The number of rotatable bonds is 7. The van der Waals surface area contributed by atoms with Crippen molar-refractivity contribution in [2.24, 2.45) is 11.1 Å². The van der Waals surface area contributed by atoms with Gasteiger partial charge in [0, 0.05) is 37.2 Å². The summed E-state index contributed by atoms with van der Waals surface area (Å²) in [4.78, 5) is 32.9. The number of hydrogen-bond acceptors (Lipinski definition) is 5. The van der Waals surface area contributed by atoms with Crippen LogP contribution in [0.1, 0.15) is 47.7 Å². The van der Waals surface area contributed by atoms with E-state index in [9.17, 15) is 9.59 Å². The molecule has 0 aliphatic carbocycles. The number of aliphatic hydroxyl groups excluding tert-OH is 1. The Morgan fingerprint density at radius 3 is 2.64 bits per heavy atom. The number of piperidine rings is 1. The number of hydrogen-bond donors (Lipinski definition) is 2. The van der Waals surface area contributed by atoms with Crippen molar-refractivity contribution < 1.29 is 19.5 Å². The summed E-state index contributed by atoms with van der Waals surface area (Å²) in [5.41, 5.74) is 2.26. The van der Waals surface area contributed by atoms with E-state index in [0.29, 0.717) is 23.6 Å². The first-order valence-corrected chi connectivity index (χ1v) is 11.6. The van der Waals surface area contributed by atoms with Crippen LogP contribution in [0.4, 0.5) is 0 Å². The normalized spacial score (nSPS) is 20.8. The lowest BCUT2D eigenvalue weighted by atomic mass is 9.90. The van der Waals surface area contributed by atoms with Crippen LogP contribution in [0.3, 0.4) is 0 Å². The van der Waals surface area contributed by atoms with Gasteiger partial charge in [0.25, 0.3) is 11.8 Å². The smallest absolute Gasteiger partial charge is 0.267 e. The molecule has 2 aliphatic rings. The van der Waals surface area contributed by atoms with Gasteiger partial charge < -0.3 is 20.2 Å². The van der Waals surface area contributed by atoms with Gasteiger partial charge in [-0.2, -0.15) is 0 Å². The fourth-order valence-corrected chi connectivity index (χ4v) is 4.47. The Kier molecular flexibility index (Phi) is 7.08. The Morgan fingerprint density at radius 2 is 1.91 bits per heavy atom. The number of likely N-dealkylation sites (tertiary alicyclic amines) is 1. The molecule has 174 valence electrons. The van der Waals surface area contributed by atoms with Crippen molar-refractivity contribution >= 4 is 17.5 Å². The molecule has 2 N–H and O–H groups in total. The van der Waals surface area contributed by atoms with Crippen molar-refractivity contribution in [1.82, 2.24) is 10.2 Å². The molecule has 2 aromatic carbocycles. The van der Waals surface area contributed by atoms with Crippen molar-refractivity contribution in [3.63, 3.8) is 0 Å². The molecule has 0 radical (unpaired) electrons. The Morgan fingerprint density at radius 1 is 1.15 bits per heavy atom. The average molecular weight is 450 g/mol. The summed E-state index contributed by atoms with van der Waals surface area (Å²) >= 11 is 0. The van der Waals surface area contributed by atoms with Crippen molar-refractivity contribution in [2.45, 2.75) is 38.2 Å². The van der Waals surface area contributed by atoms with E-state index in [4.69, 9.17) is 9.94 Å². The van der Waals surface area contributed by atoms with Gasteiger partial charge in [-0.1, -0.05) is 47.6 Å². The van der Waals surface area contributed by atoms with Gasteiger partial charge >= 0.3 is 0 Å². The fourth-order valence-electron chi connectivity index (χ4n) is 4.47. The zero-order valence-corrected chi connectivity index (χ0v) is 19.0. The average Bonchev–Trinajstić information content (AvgIpc) is 3.27. The highest BCUT2D eigenvalue weighted by molar-refractivity contribution is 6.07. The van der Waals surface area contributed by atoms with Crippen LogP contribution in [-0.2, 0) is 16.1 Å². The SMILES string of the molecule is CC1(C(=O)NCCO)CC(c2cccc(C(=O)N3CCC(Cc4ccccc4)CC3)c2)=NO1. The van der Waals surface area contributed by atoms with Crippen LogP contribution >= 0.6 is 0 Å². The van der Waals surface area contributed by atoms with Crippen LogP contribution in [-0.4, -0.2) is 59.4 Å². The molecule has 4 rings (SSSR count). The Labute approximate surface area is 194 Å². The van der Waals surface area contributed by atoms with Gasteiger partial charge in [0.1, 0.15) is 0 Å². The third kappa shape index (κ3) is 5.42. The fraction of sp³-hybridized carbons (Fsp3) is 0.423. The molecular weight excluding hydrogens is 418 g/mol. The molecule has 2 heterocycles. The van der Waals surface area contributed by atoms with Crippen LogP contribution in [0.2, 0.25) is 0 Å². The predicted octanol–water partition coefficient (Wildman–Crippen LogP) is 2.77. The summed E-state index contributed by atoms with van der Waals surface area (Å²) in [5, 5.41) is 15.7. The van der Waals surface area contributed by atoms with E-state index in [1.165, 1.54) is 5.56 Å². The minimum absolute atomic E-state index is 0.0259. The van der Waals surface area contributed by atoms with Gasteiger partial charge in [-0.3, -0.25) is 9.59 Å². The highest BCUT2D eigenvalue weighted by atomic mass is 16.7. The second-order valence-corrected chi connectivity index (χ2v) is 9.02. The molecule has 1 unspecified atom stereocenters. The number of nitrogens with zero attached hydrogens (tertiary/aromatic N) is 2. The lowest BCUT2D eigenvalue weighted by Crippen LogP contribution is -2.45. The van der Waals surface area contributed by atoms with Crippen molar-refractivity contribution in [3.8, 4) is 0 Å². The number of aliphatic hydroxyl groups is 1. The zero-order chi connectivity index (χ0) is 23.3. The van der Waals surface area contributed by atoms with E-state index < -0.39 is 5.60 Å². The highest BCUT2D eigenvalue weighted by Crippen LogP contribution is 2.28. The number of benzene rings is 2. The summed E-state index contributed by atoms with van der Waals surface area (Å²) in [6, 6.07) is 17.9. The quantitative estimate of drug-likeness (QED) is 0.680. The van der Waals surface area contributed by atoms with Gasteiger partial charge in [-0.05, 0) is 49.8 Å². The summed E-state index contributed by atoms with van der Waals surface area (Å²) in [5.74, 6) is 0.307. The van der Waals surface area contributed by atoms with Crippen LogP contribution in [0, 0.1) is 5.92 Å². The lowest BCUT2D eigenvalue weighted by molar-refractivity contribution is -0.141. The van der Waals surface area contributed by atoms with Crippen molar-refractivity contribution in [3.05, 3.63) is 71.3 Å². The first kappa shape index (κ1) is 23.0. The molecule has 1 atom stereocenters. The molecule has 1 saturated heterocycles. The second kappa shape index (κ2) is 10.2. The summed E-state index contributed by atoms with van der Waals surface area (Å²) in [6.07, 6.45) is 3.36. The summed E-state index contributed by atoms with van der Waals surface area (Å²) in [7, 11) is 0. The number of oxime groups is 1. The zero-order valence-electron chi connectivity index (χ0n) is 19.0. The molecule has 2 aromatic rings. The highest BCUT2D eigenvalue weighted by Gasteiger charge is 2.42. The second-order valence-electron chi connectivity index (χ2n) is 9.02. The Hall–Kier alpha value is -3.19. The van der Waals surface area contributed by atoms with Crippen LogP contribution in [0.25, 0.3) is 0 Å². The number of carbonyl (C=O) groups is 2. The van der Waals surface area contributed by atoms with Gasteiger partial charge in [-0.15, -0.1) is 0 Å². The molecule has 0 bridgehead atoms. The summed E-state index contributed by atoms with van der Waals surface area (Å²) in [6.45, 7) is 3.22. The van der Waals surface area contributed by atoms with E-state index in [-0.39, 0.29) is 25.0 Å². The minimum atomic E-state index is -1.12. The predicted molar refractivity (Wildman–Crippen MR) is 126 cm³/mol. The van der Waals surface area contributed by atoms with E-state index in [0.717, 1.165) is 37.9 Å². The third-order valence-corrected chi connectivity index (χ3v) is 6.45. The Balaban J connectivity index is 1.35. The third-order valence-electron chi connectivity index (χ3n) is 6.45. The molecule has 0 saturated carbocycles. The molecule has 1 fully saturated rings. The molecular formula is C26H31N3O4. The first-order chi connectivity index (χ1) is 16.0. The van der Waals surface area contributed by atoms with Crippen molar-refractivity contribution in [1.29, 1.82) is 0 Å². The maximum Gasteiger partial charge on any atom is 0.267 e. The number of nitrogens with one attached hydrogen (secondary N) is 1. The largest absolute Gasteiger partial charge is 0.395 e. The number of amides is 2. The van der Waals surface area contributed by atoms with Crippen LogP contribution in [0.15, 0.2) is 59.8 Å². The molecule has 7 nitrogen and oxygen atoms in total. The maximum atomic E-state index is 13.2.